The van der Waals surface area contributed by atoms with Crippen LogP contribution in [0.5, 0.6) is 0 Å². The Labute approximate surface area is 125 Å². The van der Waals surface area contributed by atoms with Gasteiger partial charge in [0.15, 0.2) is 0 Å². The third kappa shape index (κ3) is 1.63. The summed E-state index contributed by atoms with van der Waals surface area (Å²) >= 11 is 3.52. The van der Waals surface area contributed by atoms with Crippen LogP contribution >= 0.6 is 15.9 Å². The summed E-state index contributed by atoms with van der Waals surface area (Å²) in [5, 5.41) is 4.37. The summed E-state index contributed by atoms with van der Waals surface area (Å²) in [6.45, 7) is 1.91. The third-order valence-corrected chi connectivity index (χ3v) is 4.81. The maximum atomic E-state index is 12.7. The van der Waals surface area contributed by atoms with Crippen LogP contribution in [0.1, 0.15) is 23.2 Å². The minimum Gasteiger partial charge on any atom is -0.315 e. The number of hydrogen-bond donors (Lipinski definition) is 1. The van der Waals surface area contributed by atoms with Crippen molar-refractivity contribution in [1.82, 2.24) is 10.3 Å². The molecule has 1 saturated heterocycles. The molecule has 1 aromatic heterocycles. The van der Waals surface area contributed by atoms with Crippen LogP contribution in [-0.4, -0.2) is 30.0 Å². The first-order valence-corrected chi connectivity index (χ1v) is 7.68. The molecule has 1 atom stereocenters. The molecule has 1 fully saturated rings. The smallest absolute Gasteiger partial charge is 0.259 e. The fourth-order valence-electron chi connectivity index (χ4n) is 3.25. The van der Waals surface area contributed by atoms with Crippen LogP contribution in [0.4, 0.5) is 5.69 Å². The summed E-state index contributed by atoms with van der Waals surface area (Å²) in [5.41, 5.74) is 2.65. The number of carbonyl (C=O) groups excluding carboxylic acids is 1. The van der Waals surface area contributed by atoms with E-state index < -0.39 is 0 Å². The van der Waals surface area contributed by atoms with Crippen LogP contribution in [-0.2, 0) is 0 Å². The van der Waals surface area contributed by atoms with E-state index in [4.69, 9.17) is 0 Å². The van der Waals surface area contributed by atoms with Gasteiger partial charge in [-0.2, -0.15) is 0 Å². The van der Waals surface area contributed by atoms with Crippen LogP contribution in [0, 0.1) is 0 Å². The number of halogens is 1. The van der Waals surface area contributed by atoms with E-state index in [0.717, 1.165) is 52.6 Å². The molecule has 20 heavy (non-hydrogen) atoms. The molecule has 5 heteroatoms. The quantitative estimate of drug-likeness (QED) is 0.873. The van der Waals surface area contributed by atoms with Gasteiger partial charge < -0.3 is 10.2 Å². The maximum Gasteiger partial charge on any atom is 0.259 e. The number of piperidine rings is 1. The molecule has 0 spiro atoms. The lowest BCUT2D eigenvalue weighted by Crippen LogP contribution is -2.47. The molecule has 3 heterocycles. The van der Waals surface area contributed by atoms with Crippen molar-refractivity contribution < 1.29 is 4.79 Å². The Bertz CT molecular complexity index is 710. The third-order valence-electron chi connectivity index (χ3n) is 4.17. The molecule has 2 aromatic rings. The van der Waals surface area contributed by atoms with Crippen molar-refractivity contribution in [2.24, 2.45) is 0 Å². The van der Waals surface area contributed by atoms with Gasteiger partial charge in [-0.3, -0.25) is 9.78 Å². The lowest BCUT2D eigenvalue weighted by atomic mass is 10.1. The minimum absolute atomic E-state index is 0.110. The van der Waals surface area contributed by atoms with Crippen molar-refractivity contribution in [3.05, 3.63) is 34.4 Å². The zero-order chi connectivity index (χ0) is 13.7. The number of nitrogens with zero attached hydrogens (tertiary/aromatic N) is 2. The van der Waals surface area contributed by atoms with E-state index in [9.17, 15) is 4.79 Å². The first-order chi connectivity index (χ1) is 9.77. The Hall–Kier alpha value is -1.46. The van der Waals surface area contributed by atoms with Crippen LogP contribution < -0.4 is 10.2 Å². The zero-order valence-corrected chi connectivity index (χ0v) is 12.5. The van der Waals surface area contributed by atoms with Crippen molar-refractivity contribution in [2.75, 3.05) is 18.0 Å². The van der Waals surface area contributed by atoms with Gasteiger partial charge in [-0.25, -0.2) is 0 Å². The van der Waals surface area contributed by atoms with E-state index >= 15 is 0 Å². The van der Waals surface area contributed by atoms with E-state index in [1.165, 1.54) is 0 Å². The van der Waals surface area contributed by atoms with Crippen LogP contribution in [0.25, 0.3) is 10.9 Å². The van der Waals surface area contributed by atoms with Gasteiger partial charge in [0.2, 0.25) is 0 Å². The molecule has 0 bridgehead atoms. The molecule has 2 aliphatic rings. The van der Waals surface area contributed by atoms with Gasteiger partial charge >= 0.3 is 0 Å². The van der Waals surface area contributed by atoms with Gasteiger partial charge in [0.25, 0.3) is 5.91 Å². The highest BCUT2D eigenvalue weighted by molar-refractivity contribution is 9.10. The van der Waals surface area contributed by atoms with Crippen LogP contribution in [0.15, 0.2) is 28.9 Å². The number of carbonyl (C=O) groups is 1. The van der Waals surface area contributed by atoms with Crippen molar-refractivity contribution in [2.45, 2.75) is 18.9 Å². The molecular weight excluding hydrogens is 318 g/mol. The van der Waals surface area contributed by atoms with Gasteiger partial charge in [-0.15, -0.1) is 0 Å². The summed E-state index contributed by atoms with van der Waals surface area (Å²) in [4.78, 5) is 19.1. The maximum absolute atomic E-state index is 12.7. The highest BCUT2D eigenvalue weighted by Gasteiger charge is 2.35. The Morgan fingerprint density at radius 2 is 2.25 bits per heavy atom. The predicted molar refractivity (Wildman–Crippen MR) is 82.1 cm³/mol. The summed E-state index contributed by atoms with van der Waals surface area (Å²) in [6, 6.07) is 6.01. The van der Waals surface area contributed by atoms with E-state index in [1.807, 2.05) is 23.1 Å². The molecule has 1 unspecified atom stereocenters. The highest BCUT2D eigenvalue weighted by atomic mass is 79.9. The number of anilines is 1. The summed E-state index contributed by atoms with van der Waals surface area (Å²) in [6.07, 6.45) is 3.95. The Balaban J connectivity index is 1.91. The lowest BCUT2D eigenvalue weighted by Gasteiger charge is -2.32. The van der Waals surface area contributed by atoms with Crippen molar-refractivity contribution >= 4 is 38.4 Å². The molecule has 4 rings (SSSR count). The number of rotatable bonds is 1. The fraction of sp³-hybridized carbons (Fsp3) is 0.333. The molecule has 2 aliphatic heterocycles. The van der Waals surface area contributed by atoms with Gasteiger partial charge in [0.05, 0.1) is 16.8 Å². The molecule has 1 N–H and O–H groups in total. The molecule has 1 aromatic carbocycles. The normalized spacial score (nSPS) is 21.8. The number of pyridine rings is 1. The molecule has 0 aliphatic carbocycles. The zero-order valence-electron chi connectivity index (χ0n) is 10.9. The fourth-order valence-corrected chi connectivity index (χ4v) is 3.68. The summed E-state index contributed by atoms with van der Waals surface area (Å²) < 4.78 is 0.939. The first-order valence-electron chi connectivity index (χ1n) is 6.89. The summed E-state index contributed by atoms with van der Waals surface area (Å²) in [5.74, 6) is 0.110. The number of aromatic nitrogens is 1. The van der Waals surface area contributed by atoms with E-state index in [2.05, 4.69) is 26.2 Å². The minimum atomic E-state index is 0.110. The average molecular weight is 332 g/mol. The average Bonchev–Trinajstić information content (AvgIpc) is 2.77. The van der Waals surface area contributed by atoms with Gasteiger partial charge in [-0.05, 0) is 53.5 Å². The van der Waals surface area contributed by atoms with Crippen molar-refractivity contribution in [3.63, 3.8) is 0 Å². The monoisotopic (exact) mass is 331 g/mol. The molecule has 4 nitrogen and oxygen atoms in total. The lowest BCUT2D eigenvalue weighted by molar-refractivity contribution is 0.0979. The SMILES string of the molecule is O=C1c2ccc(Br)c3nccc(c23)N1C1CCCNC1. The second-order valence-corrected chi connectivity index (χ2v) is 6.18. The van der Waals surface area contributed by atoms with Gasteiger partial charge in [0, 0.05) is 28.6 Å². The second kappa shape index (κ2) is 4.53. The highest BCUT2D eigenvalue weighted by Crippen LogP contribution is 2.40. The Morgan fingerprint density at radius 3 is 3.05 bits per heavy atom. The van der Waals surface area contributed by atoms with Gasteiger partial charge in [0.1, 0.15) is 0 Å². The van der Waals surface area contributed by atoms with E-state index in [1.54, 1.807) is 6.20 Å². The van der Waals surface area contributed by atoms with Crippen LogP contribution in [0.2, 0.25) is 0 Å². The van der Waals surface area contributed by atoms with E-state index in [-0.39, 0.29) is 11.9 Å². The van der Waals surface area contributed by atoms with E-state index in [0.29, 0.717) is 0 Å². The Kier molecular flexibility index (Phi) is 2.79. The van der Waals surface area contributed by atoms with Crippen LogP contribution in [0.3, 0.4) is 0 Å². The molecule has 0 radical (unpaired) electrons. The molecule has 0 saturated carbocycles. The number of benzene rings is 1. The van der Waals surface area contributed by atoms with Gasteiger partial charge in [-0.1, -0.05) is 0 Å². The first kappa shape index (κ1) is 12.3. The number of nitrogens with one attached hydrogen (secondary N) is 1. The molecular formula is C15H14BrN3O. The number of amides is 1. The predicted octanol–water partition coefficient (Wildman–Crippen LogP) is 2.71. The topological polar surface area (TPSA) is 45.2 Å². The van der Waals surface area contributed by atoms with Crippen molar-refractivity contribution in [3.8, 4) is 0 Å². The summed E-state index contributed by atoms with van der Waals surface area (Å²) in [7, 11) is 0. The van der Waals surface area contributed by atoms with Crippen molar-refractivity contribution in [1.29, 1.82) is 0 Å². The Morgan fingerprint density at radius 1 is 1.35 bits per heavy atom. The molecule has 1 amide bonds. The second-order valence-electron chi connectivity index (χ2n) is 5.32. The number of hydrogen-bond acceptors (Lipinski definition) is 3. The molecule has 102 valence electrons. The standard InChI is InChI=1S/C15H14BrN3O/c16-11-4-3-10-13-12(5-7-18-14(11)13)19(15(10)20)9-2-1-6-17-8-9/h3-5,7,9,17H,1-2,6,8H2. The largest absolute Gasteiger partial charge is 0.315 e.